The molecule has 0 fully saturated rings. The topological polar surface area (TPSA) is 38.0 Å². The molecule has 0 radical (unpaired) electrons. The van der Waals surface area contributed by atoms with Crippen LogP contribution in [0.3, 0.4) is 0 Å². The van der Waals surface area contributed by atoms with Gasteiger partial charge in [0.15, 0.2) is 0 Å². The van der Waals surface area contributed by atoms with Crippen molar-refractivity contribution in [3.05, 3.63) is 52.0 Å². The van der Waals surface area contributed by atoms with Gasteiger partial charge in [-0.25, -0.2) is 4.39 Å². The Kier molecular flexibility index (Phi) is 3.59. The number of benzene rings is 1. The van der Waals surface area contributed by atoms with Gasteiger partial charge >= 0.3 is 0 Å². The molecule has 5 heteroatoms. The minimum absolute atomic E-state index is 0.358. The molecule has 3 nitrogen and oxygen atoms in total. The fourth-order valence-corrected chi connectivity index (χ4v) is 2.16. The Morgan fingerprint density at radius 2 is 2.24 bits per heavy atom. The van der Waals surface area contributed by atoms with Crippen LogP contribution >= 0.6 is 15.9 Å². The van der Waals surface area contributed by atoms with Crippen molar-refractivity contribution in [1.82, 2.24) is 9.78 Å². The van der Waals surface area contributed by atoms with E-state index in [4.69, 9.17) is 0 Å². The summed E-state index contributed by atoms with van der Waals surface area (Å²) in [6.45, 7) is 0. The zero-order valence-electron chi connectivity index (χ0n) is 9.27. The van der Waals surface area contributed by atoms with Crippen LogP contribution in [-0.4, -0.2) is 14.9 Å². The number of hydrogen-bond acceptors (Lipinski definition) is 2. The summed E-state index contributed by atoms with van der Waals surface area (Å²) in [6.07, 6.45) is 1.40. The van der Waals surface area contributed by atoms with E-state index in [0.717, 1.165) is 5.69 Å². The van der Waals surface area contributed by atoms with Gasteiger partial charge in [-0.1, -0.05) is 15.9 Å². The molecule has 0 bridgehead atoms. The quantitative estimate of drug-likeness (QED) is 0.946. The summed E-state index contributed by atoms with van der Waals surface area (Å²) >= 11 is 3.30. The van der Waals surface area contributed by atoms with E-state index >= 15 is 0 Å². The number of halogens is 2. The SMILES string of the molecule is Cn1ccc(CC(O)c2cc(F)ccc2Br)n1. The standard InChI is InChI=1S/C12H12BrFN2O/c1-16-5-4-9(15-16)7-12(17)10-6-8(14)2-3-11(10)13/h2-6,12,17H,7H2,1H3. The van der Waals surface area contributed by atoms with Gasteiger partial charge in [0.2, 0.25) is 0 Å². The summed E-state index contributed by atoms with van der Waals surface area (Å²) in [6, 6.07) is 6.10. The van der Waals surface area contributed by atoms with Crippen LogP contribution in [0.2, 0.25) is 0 Å². The molecule has 17 heavy (non-hydrogen) atoms. The highest BCUT2D eigenvalue weighted by Gasteiger charge is 2.14. The van der Waals surface area contributed by atoms with Crippen molar-refractivity contribution in [3.8, 4) is 0 Å². The van der Waals surface area contributed by atoms with Crippen molar-refractivity contribution in [2.45, 2.75) is 12.5 Å². The third-order valence-corrected chi connectivity index (χ3v) is 3.21. The minimum atomic E-state index is -0.769. The molecule has 1 N–H and O–H groups in total. The number of rotatable bonds is 3. The van der Waals surface area contributed by atoms with E-state index < -0.39 is 6.10 Å². The Hall–Kier alpha value is -1.20. The Balaban J connectivity index is 2.19. The highest BCUT2D eigenvalue weighted by molar-refractivity contribution is 9.10. The van der Waals surface area contributed by atoms with Crippen molar-refractivity contribution in [2.24, 2.45) is 7.05 Å². The number of nitrogens with zero attached hydrogens (tertiary/aromatic N) is 2. The second-order valence-corrected chi connectivity index (χ2v) is 4.72. The Morgan fingerprint density at radius 3 is 2.88 bits per heavy atom. The molecular weight excluding hydrogens is 287 g/mol. The van der Waals surface area contributed by atoms with E-state index in [0.29, 0.717) is 16.5 Å². The van der Waals surface area contributed by atoms with Gasteiger partial charge in [0, 0.05) is 24.1 Å². The number of aryl methyl sites for hydroxylation is 1. The molecule has 1 unspecified atom stereocenters. The van der Waals surface area contributed by atoms with Crippen molar-refractivity contribution < 1.29 is 9.50 Å². The molecule has 2 rings (SSSR count). The first-order valence-electron chi connectivity index (χ1n) is 5.18. The predicted octanol–water partition coefficient (Wildman–Crippen LogP) is 2.60. The zero-order chi connectivity index (χ0) is 12.4. The van der Waals surface area contributed by atoms with Crippen LogP contribution < -0.4 is 0 Å². The number of aliphatic hydroxyl groups excluding tert-OH is 1. The fourth-order valence-electron chi connectivity index (χ4n) is 1.65. The maximum absolute atomic E-state index is 13.1. The molecule has 0 saturated heterocycles. The highest BCUT2D eigenvalue weighted by Crippen LogP contribution is 2.26. The van der Waals surface area contributed by atoms with Gasteiger partial charge in [-0.15, -0.1) is 0 Å². The van der Waals surface area contributed by atoms with E-state index in [2.05, 4.69) is 21.0 Å². The second-order valence-electron chi connectivity index (χ2n) is 3.87. The van der Waals surface area contributed by atoms with E-state index in [9.17, 15) is 9.50 Å². The van der Waals surface area contributed by atoms with Crippen molar-refractivity contribution in [3.63, 3.8) is 0 Å². The average Bonchev–Trinajstić information content (AvgIpc) is 2.67. The number of aliphatic hydroxyl groups is 1. The summed E-state index contributed by atoms with van der Waals surface area (Å²) in [7, 11) is 1.81. The van der Waals surface area contributed by atoms with Crippen LogP contribution in [0.4, 0.5) is 4.39 Å². The van der Waals surface area contributed by atoms with Crippen molar-refractivity contribution in [2.75, 3.05) is 0 Å². The molecule has 0 amide bonds. The van der Waals surface area contributed by atoms with Gasteiger partial charge in [-0.2, -0.15) is 5.10 Å². The molecule has 1 atom stereocenters. The summed E-state index contributed by atoms with van der Waals surface area (Å²) in [5.74, 6) is -0.358. The van der Waals surface area contributed by atoms with Crippen LogP contribution in [0.25, 0.3) is 0 Å². The van der Waals surface area contributed by atoms with E-state index in [1.807, 2.05) is 19.3 Å². The summed E-state index contributed by atoms with van der Waals surface area (Å²) < 4.78 is 15.5. The van der Waals surface area contributed by atoms with Crippen LogP contribution in [0.5, 0.6) is 0 Å². The molecule has 0 aliphatic carbocycles. The molecule has 1 aromatic carbocycles. The van der Waals surface area contributed by atoms with Crippen molar-refractivity contribution in [1.29, 1.82) is 0 Å². The Morgan fingerprint density at radius 1 is 1.47 bits per heavy atom. The lowest BCUT2D eigenvalue weighted by molar-refractivity contribution is 0.176. The minimum Gasteiger partial charge on any atom is -0.388 e. The first-order valence-corrected chi connectivity index (χ1v) is 5.97. The second kappa shape index (κ2) is 4.98. The maximum atomic E-state index is 13.1. The first-order chi connectivity index (χ1) is 8.06. The summed E-state index contributed by atoms with van der Waals surface area (Å²) in [4.78, 5) is 0. The number of aromatic nitrogens is 2. The molecular formula is C12H12BrFN2O. The predicted molar refractivity (Wildman–Crippen MR) is 66.0 cm³/mol. The maximum Gasteiger partial charge on any atom is 0.123 e. The van der Waals surface area contributed by atoms with Crippen molar-refractivity contribution >= 4 is 15.9 Å². The lowest BCUT2D eigenvalue weighted by atomic mass is 10.1. The highest BCUT2D eigenvalue weighted by atomic mass is 79.9. The lowest BCUT2D eigenvalue weighted by Gasteiger charge is -2.11. The third kappa shape index (κ3) is 2.92. The Bertz CT molecular complexity index is 527. The molecule has 90 valence electrons. The summed E-state index contributed by atoms with van der Waals surface area (Å²) in [5, 5.41) is 14.2. The zero-order valence-corrected chi connectivity index (χ0v) is 10.9. The van der Waals surface area contributed by atoms with Gasteiger partial charge in [0.05, 0.1) is 11.8 Å². The molecule has 0 aliphatic heterocycles. The van der Waals surface area contributed by atoms with Gasteiger partial charge < -0.3 is 5.11 Å². The van der Waals surface area contributed by atoms with E-state index in [-0.39, 0.29) is 5.82 Å². The van der Waals surface area contributed by atoms with Crippen LogP contribution in [0.15, 0.2) is 34.9 Å². The average molecular weight is 299 g/mol. The normalized spacial score (nSPS) is 12.7. The smallest absolute Gasteiger partial charge is 0.123 e. The lowest BCUT2D eigenvalue weighted by Crippen LogP contribution is -2.04. The molecule has 0 spiro atoms. The van der Waals surface area contributed by atoms with Gasteiger partial charge in [0.1, 0.15) is 5.82 Å². The molecule has 1 heterocycles. The fraction of sp³-hybridized carbons (Fsp3) is 0.250. The van der Waals surface area contributed by atoms with E-state index in [1.54, 1.807) is 10.7 Å². The summed E-state index contributed by atoms with van der Waals surface area (Å²) in [5.41, 5.74) is 1.31. The molecule has 0 saturated carbocycles. The van der Waals surface area contributed by atoms with Gasteiger partial charge in [-0.3, -0.25) is 4.68 Å². The number of hydrogen-bond donors (Lipinski definition) is 1. The van der Waals surface area contributed by atoms with E-state index in [1.165, 1.54) is 12.1 Å². The monoisotopic (exact) mass is 298 g/mol. The van der Waals surface area contributed by atoms with Crippen LogP contribution in [-0.2, 0) is 13.5 Å². The third-order valence-electron chi connectivity index (χ3n) is 2.49. The molecule has 2 aromatic rings. The molecule has 0 aliphatic rings. The van der Waals surface area contributed by atoms with Gasteiger partial charge in [-0.05, 0) is 29.8 Å². The molecule has 1 aromatic heterocycles. The first kappa shape index (κ1) is 12.3. The Labute approximate surface area is 107 Å². The van der Waals surface area contributed by atoms with Gasteiger partial charge in [0.25, 0.3) is 0 Å². The van der Waals surface area contributed by atoms with Crippen LogP contribution in [0.1, 0.15) is 17.4 Å². The largest absolute Gasteiger partial charge is 0.388 e. The van der Waals surface area contributed by atoms with Crippen LogP contribution in [0, 0.1) is 5.82 Å².